The summed E-state index contributed by atoms with van der Waals surface area (Å²) < 4.78 is 0. The van der Waals surface area contributed by atoms with Gasteiger partial charge in [-0.25, -0.2) is 9.97 Å². The predicted molar refractivity (Wildman–Crippen MR) is 125 cm³/mol. The molecule has 6 rings (SSSR count). The van der Waals surface area contributed by atoms with Crippen molar-refractivity contribution in [2.45, 2.75) is 57.4 Å². The Bertz CT molecular complexity index is 1030. The quantitative estimate of drug-likeness (QED) is 0.548. The van der Waals surface area contributed by atoms with Crippen LogP contribution in [0.4, 0.5) is 5.82 Å². The summed E-state index contributed by atoms with van der Waals surface area (Å²) in [4.78, 5) is 18.3. The molecule has 0 atom stereocenters. The number of aryl methyl sites for hydroxylation is 2. The molecule has 0 N–H and O–H groups in total. The number of aromatic nitrogens is 2. The van der Waals surface area contributed by atoms with Gasteiger partial charge < -0.3 is 4.90 Å². The minimum Gasteiger partial charge on any atom is -0.353 e. The van der Waals surface area contributed by atoms with Crippen LogP contribution in [-0.4, -0.2) is 41.0 Å². The van der Waals surface area contributed by atoms with E-state index in [0.29, 0.717) is 5.92 Å². The summed E-state index contributed by atoms with van der Waals surface area (Å²) >= 11 is 1.96. The first kappa shape index (κ1) is 18.8. The molecule has 0 radical (unpaired) electrons. The van der Waals surface area contributed by atoms with E-state index in [1.54, 1.807) is 10.4 Å². The van der Waals surface area contributed by atoms with E-state index in [-0.39, 0.29) is 0 Å². The van der Waals surface area contributed by atoms with Crippen LogP contribution < -0.4 is 4.90 Å². The summed E-state index contributed by atoms with van der Waals surface area (Å²) in [5, 5.41) is 1.40. The molecule has 2 aromatic heterocycles. The van der Waals surface area contributed by atoms with Gasteiger partial charge in [0.1, 0.15) is 16.5 Å². The van der Waals surface area contributed by atoms with Gasteiger partial charge in [-0.05, 0) is 49.7 Å². The summed E-state index contributed by atoms with van der Waals surface area (Å²) in [5.74, 6) is 2.97. The standard InChI is InChI=1S/C25H30N4S/c1-3-7-18(8-4-1)17-28-13-15-29(16-14-28)24-22-20-9-5-2-6-10-21(20)30-25(22)27-23(26-24)19-11-12-19/h1,3-4,7-8,19H,2,5-6,9-17H2. The molecule has 5 heteroatoms. The molecule has 0 bridgehead atoms. The number of piperazine rings is 1. The van der Waals surface area contributed by atoms with Gasteiger partial charge in [0.25, 0.3) is 0 Å². The van der Waals surface area contributed by atoms with Crippen LogP contribution in [0, 0.1) is 0 Å². The number of anilines is 1. The summed E-state index contributed by atoms with van der Waals surface area (Å²) in [6, 6.07) is 10.9. The van der Waals surface area contributed by atoms with E-state index in [0.717, 1.165) is 38.5 Å². The number of hydrogen-bond acceptors (Lipinski definition) is 5. The molecular weight excluding hydrogens is 388 g/mol. The van der Waals surface area contributed by atoms with Crippen molar-refractivity contribution in [3.63, 3.8) is 0 Å². The monoisotopic (exact) mass is 418 g/mol. The molecular formula is C25H30N4S. The van der Waals surface area contributed by atoms with Gasteiger partial charge in [0.15, 0.2) is 0 Å². The topological polar surface area (TPSA) is 32.3 Å². The van der Waals surface area contributed by atoms with E-state index in [2.05, 4.69) is 40.1 Å². The van der Waals surface area contributed by atoms with Crippen LogP contribution in [0.3, 0.4) is 0 Å². The smallest absolute Gasteiger partial charge is 0.141 e. The molecule has 2 aliphatic carbocycles. The minimum atomic E-state index is 0.606. The lowest BCUT2D eigenvalue weighted by Gasteiger charge is -2.36. The Morgan fingerprint density at radius 2 is 1.70 bits per heavy atom. The lowest BCUT2D eigenvalue weighted by Crippen LogP contribution is -2.46. The lowest BCUT2D eigenvalue weighted by atomic mass is 10.1. The van der Waals surface area contributed by atoms with Crippen LogP contribution in [0.1, 0.15) is 59.9 Å². The van der Waals surface area contributed by atoms with Gasteiger partial charge in [-0.1, -0.05) is 36.8 Å². The van der Waals surface area contributed by atoms with Crippen molar-refractivity contribution in [1.82, 2.24) is 14.9 Å². The van der Waals surface area contributed by atoms with E-state index < -0.39 is 0 Å². The average molecular weight is 419 g/mol. The molecule has 30 heavy (non-hydrogen) atoms. The number of rotatable bonds is 4. The van der Waals surface area contributed by atoms with Crippen LogP contribution in [0.25, 0.3) is 10.2 Å². The third kappa shape index (κ3) is 3.63. The van der Waals surface area contributed by atoms with Gasteiger partial charge in [-0.15, -0.1) is 11.3 Å². The van der Waals surface area contributed by atoms with Gasteiger partial charge >= 0.3 is 0 Å². The Balaban J connectivity index is 1.30. The Kier molecular flexibility index (Phi) is 4.96. The maximum atomic E-state index is 5.21. The molecule has 3 aliphatic rings. The first-order chi connectivity index (χ1) is 14.8. The molecule has 3 aromatic rings. The fourth-order valence-electron chi connectivity index (χ4n) is 5.04. The van der Waals surface area contributed by atoms with Gasteiger partial charge in [0, 0.05) is 43.5 Å². The van der Waals surface area contributed by atoms with Gasteiger partial charge in [0.2, 0.25) is 0 Å². The maximum Gasteiger partial charge on any atom is 0.141 e. The average Bonchev–Trinajstić information content (AvgIpc) is 3.60. The Morgan fingerprint density at radius 3 is 2.50 bits per heavy atom. The second-order valence-corrected chi connectivity index (χ2v) is 10.3. The molecule has 156 valence electrons. The van der Waals surface area contributed by atoms with Gasteiger partial charge in [-0.3, -0.25) is 4.90 Å². The highest BCUT2D eigenvalue weighted by Gasteiger charge is 2.31. The van der Waals surface area contributed by atoms with E-state index in [9.17, 15) is 0 Å². The maximum absolute atomic E-state index is 5.21. The molecule has 0 spiro atoms. The molecule has 0 unspecified atom stereocenters. The molecule has 1 saturated carbocycles. The Hall–Kier alpha value is -1.98. The van der Waals surface area contributed by atoms with Crippen LogP contribution in [0.5, 0.6) is 0 Å². The van der Waals surface area contributed by atoms with Crippen LogP contribution in [0.15, 0.2) is 30.3 Å². The molecule has 3 heterocycles. The van der Waals surface area contributed by atoms with Crippen LogP contribution in [0.2, 0.25) is 0 Å². The first-order valence-corrected chi connectivity index (χ1v) is 12.5. The molecule has 2 fully saturated rings. The zero-order valence-electron chi connectivity index (χ0n) is 17.6. The highest BCUT2D eigenvalue weighted by atomic mass is 32.1. The van der Waals surface area contributed by atoms with Crippen molar-refractivity contribution < 1.29 is 0 Å². The summed E-state index contributed by atoms with van der Waals surface area (Å²) in [7, 11) is 0. The summed E-state index contributed by atoms with van der Waals surface area (Å²) in [6.45, 7) is 5.38. The van der Waals surface area contributed by atoms with Gasteiger partial charge in [0.05, 0.1) is 5.39 Å². The van der Waals surface area contributed by atoms with E-state index in [4.69, 9.17) is 9.97 Å². The minimum absolute atomic E-state index is 0.606. The highest BCUT2D eigenvalue weighted by molar-refractivity contribution is 7.19. The zero-order valence-corrected chi connectivity index (χ0v) is 18.5. The molecule has 1 aromatic carbocycles. The molecule has 0 amide bonds. The van der Waals surface area contributed by atoms with Crippen LogP contribution in [-0.2, 0) is 19.4 Å². The number of benzene rings is 1. The van der Waals surface area contributed by atoms with Gasteiger partial charge in [-0.2, -0.15) is 0 Å². The van der Waals surface area contributed by atoms with Crippen LogP contribution >= 0.6 is 11.3 Å². The second kappa shape index (κ2) is 7.93. The van der Waals surface area contributed by atoms with Crippen molar-refractivity contribution in [3.8, 4) is 0 Å². The molecule has 4 nitrogen and oxygen atoms in total. The first-order valence-electron chi connectivity index (χ1n) is 11.7. The van der Waals surface area contributed by atoms with E-state index in [1.807, 2.05) is 11.3 Å². The Morgan fingerprint density at radius 1 is 0.900 bits per heavy atom. The fourth-order valence-corrected chi connectivity index (χ4v) is 6.31. The number of thiophene rings is 1. The lowest BCUT2D eigenvalue weighted by molar-refractivity contribution is 0.249. The fraction of sp³-hybridized carbons (Fsp3) is 0.520. The van der Waals surface area contributed by atoms with Crippen molar-refractivity contribution in [3.05, 3.63) is 52.2 Å². The number of hydrogen-bond donors (Lipinski definition) is 0. The predicted octanol–water partition coefficient (Wildman–Crippen LogP) is 5.16. The third-order valence-corrected chi connectivity index (χ3v) is 8.11. The number of nitrogens with zero attached hydrogens (tertiary/aromatic N) is 4. The second-order valence-electron chi connectivity index (χ2n) is 9.17. The summed E-state index contributed by atoms with van der Waals surface area (Å²) in [6.07, 6.45) is 8.98. The SMILES string of the molecule is c1ccc(CN2CCN(c3nc(C4CC4)nc4sc5c(c34)CCCCC5)CC2)cc1. The van der Waals surface area contributed by atoms with E-state index in [1.165, 1.54) is 66.5 Å². The third-order valence-electron chi connectivity index (χ3n) is 6.93. The number of fused-ring (bicyclic) bond motifs is 3. The van der Waals surface area contributed by atoms with Crippen molar-refractivity contribution in [2.75, 3.05) is 31.1 Å². The molecule has 1 aliphatic heterocycles. The largest absolute Gasteiger partial charge is 0.353 e. The van der Waals surface area contributed by atoms with E-state index >= 15 is 0 Å². The van der Waals surface area contributed by atoms with Crippen molar-refractivity contribution >= 4 is 27.4 Å². The Labute approximate surface area is 182 Å². The highest BCUT2D eigenvalue weighted by Crippen LogP contribution is 2.44. The molecule has 1 saturated heterocycles. The summed E-state index contributed by atoms with van der Waals surface area (Å²) in [5.41, 5.74) is 2.99. The van der Waals surface area contributed by atoms with Crippen molar-refractivity contribution in [2.24, 2.45) is 0 Å². The van der Waals surface area contributed by atoms with Crippen molar-refractivity contribution in [1.29, 1.82) is 0 Å². The normalized spacial score (nSPS) is 20.3. The zero-order chi connectivity index (χ0) is 19.9.